The number of methoxy groups -OCH3 is 1. The maximum atomic E-state index is 6.11. The van der Waals surface area contributed by atoms with Crippen molar-refractivity contribution in [3.05, 3.63) is 53.6 Å². The van der Waals surface area contributed by atoms with Crippen LogP contribution in [0.5, 0.6) is 17.2 Å². The third-order valence-electron chi connectivity index (χ3n) is 3.59. The number of para-hydroxylation sites is 1. The van der Waals surface area contributed by atoms with Crippen LogP contribution in [-0.4, -0.2) is 14.2 Å². The van der Waals surface area contributed by atoms with E-state index in [1.807, 2.05) is 50.4 Å². The number of hydrogen-bond donors (Lipinski definition) is 1. The highest BCUT2D eigenvalue weighted by molar-refractivity contribution is 5.47. The minimum atomic E-state index is 0.276. The molecule has 0 aliphatic rings. The molecule has 2 rings (SSSR count). The van der Waals surface area contributed by atoms with Gasteiger partial charge in [0.2, 0.25) is 0 Å². The number of nitrogens with one attached hydrogen (secondary N) is 1. The zero-order chi connectivity index (χ0) is 15.2. The fourth-order valence-corrected chi connectivity index (χ4v) is 2.42. The third kappa shape index (κ3) is 3.56. The van der Waals surface area contributed by atoms with Crippen LogP contribution in [0.3, 0.4) is 0 Å². The van der Waals surface area contributed by atoms with Crippen LogP contribution in [0.25, 0.3) is 0 Å². The molecule has 21 heavy (non-hydrogen) atoms. The number of hydrogen-bond acceptors (Lipinski definition) is 3. The first-order valence-corrected chi connectivity index (χ1v) is 7.28. The lowest BCUT2D eigenvalue weighted by atomic mass is 10.0. The Morgan fingerprint density at radius 2 is 1.81 bits per heavy atom. The molecular weight excluding hydrogens is 262 g/mol. The number of ether oxygens (including phenoxy) is 2. The van der Waals surface area contributed by atoms with Crippen molar-refractivity contribution in [1.82, 2.24) is 5.32 Å². The molecule has 2 aromatic rings. The molecule has 0 aliphatic carbocycles. The minimum Gasteiger partial charge on any atom is -0.493 e. The Morgan fingerprint density at radius 3 is 2.48 bits per heavy atom. The summed E-state index contributed by atoms with van der Waals surface area (Å²) in [6.07, 6.45) is 1.00. The van der Waals surface area contributed by atoms with E-state index >= 15 is 0 Å². The molecule has 0 bridgehead atoms. The van der Waals surface area contributed by atoms with Gasteiger partial charge in [0, 0.05) is 11.6 Å². The van der Waals surface area contributed by atoms with Crippen LogP contribution >= 0.6 is 0 Å². The highest BCUT2D eigenvalue weighted by Crippen LogP contribution is 2.35. The van der Waals surface area contributed by atoms with Gasteiger partial charge >= 0.3 is 0 Å². The molecule has 112 valence electrons. The summed E-state index contributed by atoms with van der Waals surface area (Å²) in [6, 6.07) is 14.3. The van der Waals surface area contributed by atoms with Gasteiger partial charge in [-0.05, 0) is 44.2 Å². The molecule has 1 atom stereocenters. The van der Waals surface area contributed by atoms with Crippen LogP contribution in [0.1, 0.15) is 30.5 Å². The van der Waals surface area contributed by atoms with E-state index in [1.165, 1.54) is 0 Å². The van der Waals surface area contributed by atoms with Crippen molar-refractivity contribution in [1.29, 1.82) is 0 Å². The van der Waals surface area contributed by atoms with Crippen molar-refractivity contribution in [2.24, 2.45) is 0 Å². The fourth-order valence-electron chi connectivity index (χ4n) is 2.42. The van der Waals surface area contributed by atoms with Crippen molar-refractivity contribution in [2.75, 3.05) is 14.2 Å². The van der Waals surface area contributed by atoms with Crippen molar-refractivity contribution in [2.45, 2.75) is 26.3 Å². The van der Waals surface area contributed by atoms with Gasteiger partial charge in [-0.2, -0.15) is 0 Å². The molecule has 0 aliphatic heterocycles. The zero-order valence-electron chi connectivity index (χ0n) is 13.1. The Bertz CT molecular complexity index is 592. The van der Waals surface area contributed by atoms with Gasteiger partial charge in [0.15, 0.2) is 11.5 Å². The molecular formula is C18H23NO2. The molecule has 0 fully saturated rings. The molecule has 0 saturated heterocycles. The summed E-state index contributed by atoms with van der Waals surface area (Å²) in [5.74, 6) is 2.35. The van der Waals surface area contributed by atoms with Crippen molar-refractivity contribution in [3.63, 3.8) is 0 Å². The van der Waals surface area contributed by atoms with Gasteiger partial charge in [-0.15, -0.1) is 0 Å². The van der Waals surface area contributed by atoms with E-state index in [2.05, 4.69) is 18.3 Å². The van der Waals surface area contributed by atoms with E-state index in [-0.39, 0.29) is 6.04 Å². The largest absolute Gasteiger partial charge is 0.493 e. The van der Waals surface area contributed by atoms with Gasteiger partial charge in [0.25, 0.3) is 0 Å². The van der Waals surface area contributed by atoms with Gasteiger partial charge in [0.05, 0.1) is 7.11 Å². The summed E-state index contributed by atoms with van der Waals surface area (Å²) < 4.78 is 11.5. The first-order valence-electron chi connectivity index (χ1n) is 7.28. The summed E-state index contributed by atoms with van der Waals surface area (Å²) in [4.78, 5) is 0. The summed E-state index contributed by atoms with van der Waals surface area (Å²) in [6.45, 7) is 4.19. The summed E-state index contributed by atoms with van der Waals surface area (Å²) in [7, 11) is 3.63. The van der Waals surface area contributed by atoms with E-state index in [4.69, 9.17) is 9.47 Å². The summed E-state index contributed by atoms with van der Waals surface area (Å²) in [5, 5.41) is 3.32. The highest BCUT2D eigenvalue weighted by atomic mass is 16.5. The van der Waals surface area contributed by atoms with Gasteiger partial charge in [-0.3, -0.25) is 0 Å². The SMILES string of the molecule is CCC(NC)c1ccccc1Oc1ccc(C)cc1OC. The van der Waals surface area contributed by atoms with Crippen LogP contribution in [0.2, 0.25) is 0 Å². The van der Waals surface area contributed by atoms with Gasteiger partial charge < -0.3 is 14.8 Å². The first-order chi connectivity index (χ1) is 10.2. The topological polar surface area (TPSA) is 30.5 Å². The predicted molar refractivity (Wildman–Crippen MR) is 86.3 cm³/mol. The lowest BCUT2D eigenvalue weighted by Crippen LogP contribution is -2.15. The lowest BCUT2D eigenvalue weighted by Gasteiger charge is -2.19. The normalized spacial score (nSPS) is 12.0. The van der Waals surface area contributed by atoms with Crippen molar-refractivity contribution in [3.8, 4) is 17.2 Å². The predicted octanol–water partition coefficient (Wildman–Crippen LogP) is 4.47. The average molecular weight is 285 g/mol. The van der Waals surface area contributed by atoms with E-state index in [9.17, 15) is 0 Å². The summed E-state index contributed by atoms with van der Waals surface area (Å²) in [5.41, 5.74) is 2.30. The lowest BCUT2D eigenvalue weighted by molar-refractivity contribution is 0.375. The average Bonchev–Trinajstić information content (AvgIpc) is 2.51. The second-order valence-corrected chi connectivity index (χ2v) is 5.04. The monoisotopic (exact) mass is 285 g/mol. The fraction of sp³-hybridized carbons (Fsp3) is 0.333. The molecule has 3 heteroatoms. The molecule has 1 unspecified atom stereocenters. The molecule has 0 spiro atoms. The van der Waals surface area contributed by atoms with Crippen molar-refractivity contribution < 1.29 is 9.47 Å². The highest BCUT2D eigenvalue weighted by Gasteiger charge is 2.14. The van der Waals surface area contributed by atoms with E-state index < -0.39 is 0 Å². The van der Waals surface area contributed by atoms with Crippen LogP contribution < -0.4 is 14.8 Å². The van der Waals surface area contributed by atoms with Crippen LogP contribution in [0.4, 0.5) is 0 Å². The molecule has 0 amide bonds. The molecule has 0 saturated carbocycles. The van der Waals surface area contributed by atoms with Gasteiger partial charge in [0.1, 0.15) is 5.75 Å². The van der Waals surface area contributed by atoms with Gasteiger partial charge in [-0.1, -0.05) is 31.2 Å². The van der Waals surface area contributed by atoms with E-state index in [1.54, 1.807) is 7.11 Å². The Labute approximate surface area is 126 Å². The van der Waals surface area contributed by atoms with E-state index in [0.717, 1.165) is 34.8 Å². The number of rotatable bonds is 6. The van der Waals surface area contributed by atoms with Crippen LogP contribution in [-0.2, 0) is 0 Å². The first kappa shape index (κ1) is 15.4. The smallest absolute Gasteiger partial charge is 0.169 e. The van der Waals surface area contributed by atoms with Crippen LogP contribution in [0.15, 0.2) is 42.5 Å². The zero-order valence-corrected chi connectivity index (χ0v) is 13.1. The molecule has 1 N–H and O–H groups in total. The number of aryl methyl sites for hydroxylation is 1. The second kappa shape index (κ2) is 7.14. The Morgan fingerprint density at radius 1 is 1.05 bits per heavy atom. The molecule has 0 aromatic heterocycles. The quantitative estimate of drug-likeness (QED) is 0.849. The third-order valence-corrected chi connectivity index (χ3v) is 3.59. The van der Waals surface area contributed by atoms with Crippen molar-refractivity contribution >= 4 is 0 Å². The standard InChI is InChI=1S/C18H23NO2/c1-5-15(19-3)14-8-6-7-9-16(14)21-17-11-10-13(2)12-18(17)20-4/h6-12,15,19H,5H2,1-4H3. The second-order valence-electron chi connectivity index (χ2n) is 5.04. The van der Waals surface area contributed by atoms with Gasteiger partial charge in [-0.25, -0.2) is 0 Å². The Balaban J connectivity index is 2.36. The molecule has 2 aromatic carbocycles. The minimum absolute atomic E-state index is 0.276. The maximum absolute atomic E-state index is 6.11. The molecule has 3 nitrogen and oxygen atoms in total. The Kier molecular flexibility index (Phi) is 5.23. The molecule has 0 heterocycles. The Hall–Kier alpha value is -2.00. The number of benzene rings is 2. The molecule has 0 radical (unpaired) electrons. The van der Waals surface area contributed by atoms with Crippen LogP contribution in [0, 0.1) is 6.92 Å². The maximum Gasteiger partial charge on any atom is 0.169 e. The summed E-state index contributed by atoms with van der Waals surface area (Å²) >= 11 is 0. The van der Waals surface area contributed by atoms with E-state index in [0.29, 0.717) is 0 Å².